The number of anilines is 1. The minimum absolute atomic E-state index is 0.0980. The van der Waals surface area contributed by atoms with E-state index in [1.54, 1.807) is 14.2 Å². The van der Waals surface area contributed by atoms with Gasteiger partial charge in [0, 0.05) is 19.2 Å². The van der Waals surface area contributed by atoms with Gasteiger partial charge in [0.25, 0.3) is 0 Å². The molecule has 0 fully saturated rings. The van der Waals surface area contributed by atoms with Crippen molar-refractivity contribution in [3.05, 3.63) is 42.0 Å². The minimum Gasteiger partial charge on any atom is -0.493 e. The number of rotatable bonds is 13. The van der Waals surface area contributed by atoms with Gasteiger partial charge in [0.2, 0.25) is 10.0 Å². The second-order valence-electron chi connectivity index (χ2n) is 7.41. The Morgan fingerprint density at radius 3 is 2.12 bits per heavy atom. The van der Waals surface area contributed by atoms with Gasteiger partial charge in [0.1, 0.15) is 6.61 Å². The molecule has 0 aliphatic heterocycles. The van der Waals surface area contributed by atoms with Crippen LogP contribution in [-0.2, 0) is 26.6 Å². The molecule has 1 N–H and O–H groups in total. The van der Waals surface area contributed by atoms with Crippen LogP contribution in [0.4, 0.5) is 5.69 Å². The summed E-state index contributed by atoms with van der Waals surface area (Å²) in [7, 11) is -2.25. The predicted octanol–water partition coefficient (Wildman–Crippen LogP) is 1.97. The molecule has 0 atom stereocenters. The van der Waals surface area contributed by atoms with E-state index in [1.807, 2.05) is 25.2 Å². The summed E-state index contributed by atoms with van der Waals surface area (Å²) in [5.74, 6) is 1.44. The Kier molecular flexibility index (Phi) is 9.20. The summed E-state index contributed by atoms with van der Waals surface area (Å²) in [5.41, 5.74) is 1.26. The Morgan fingerprint density at radius 1 is 0.848 bits per heavy atom. The molecule has 0 amide bonds. The van der Waals surface area contributed by atoms with Gasteiger partial charge < -0.3 is 23.3 Å². The lowest BCUT2D eigenvalue weighted by Gasteiger charge is -2.18. The third kappa shape index (κ3) is 9.36. The molecule has 0 saturated heterocycles. The van der Waals surface area contributed by atoms with Crippen LogP contribution < -0.4 is 23.1 Å². The highest BCUT2D eigenvalue weighted by Crippen LogP contribution is 2.32. The second-order valence-corrected chi connectivity index (χ2v) is 10.7. The van der Waals surface area contributed by atoms with Crippen LogP contribution in [-0.4, -0.2) is 75.2 Å². The fourth-order valence-electron chi connectivity index (χ4n) is 2.91. The number of nitrogens with zero attached hydrogens (tertiary/aromatic N) is 1. The van der Waals surface area contributed by atoms with Crippen LogP contribution in [0.5, 0.6) is 23.0 Å². The fraction of sp³-hybridized carbons (Fsp3) is 0.429. The first kappa shape index (κ1) is 26.6. The topological polar surface area (TPSA) is 120 Å². The van der Waals surface area contributed by atoms with Gasteiger partial charge in [-0.25, -0.2) is 8.42 Å². The Hall–Kier alpha value is -2.70. The zero-order valence-electron chi connectivity index (χ0n) is 19.3. The zero-order chi connectivity index (χ0) is 24.6. The van der Waals surface area contributed by atoms with Crippen molar-refractivity contribution >= 4 is 25.8 Å². The van der Waals surface area contributed by atoms with Gasteiger partial charge in [-0.2, -0.15) is 8.42 Å². The molecule has 0 radical (unpaired) electrons. The van der Waals surface area contributed by atoms with Gasteiger partial charge in [0.05, 0.1) is 32.4 Å². The average molecular weight is 503 g/mol. The highest BCUT2D eigenvalue weighted by Gasteiger charge is 2.14. The second kappa shape index (κ2) is 11.4. The van der Waals surface area contributed by atoms with Gasteiger partial charge >= 0.3 is 10.1 Å². The molecule has 2 aromatic rings. The molecule has 0 bridgehead atoms. The predicted molar refractivity (Wildman–Crippen MR) is 127 cm³/mol. The number of likely N-dealkylation sites (N-methyl/N-ethyl adjacent to an activating group) is 1. The third-order valence-electron chi connectivity index (χ3n) is 4.45. The number of hydrogen-bond acceptors (Lipinski definition) is 9. The number of sulfonamides is 1. The lowest BCUT2D eigenvalue weighted by molar-refractivity contribution is 0.235. The summed E-state index contributed by atoms with van der Waals surface area (Å²) in [6.07, 6.45) is 2.67. The molecule has 33 heavy (non-hydrogen) atoms. The first-order valence-corrected chi connectivity index (χ1v) is 13.6. The van der Waals surface area contributed by atoms with Crippen LogP contribution in [0.15, 0.2) is 36.4 Å². The van der Waals surface area contributed by atoms with Crippen molar-refractivity contribution in [3.8, 4) is 23.0 Å². The van der Waals surface area contributed by atoms with Crippen LogP contribution in [0, 0.1) is 0 Å². The average Bonchev–Trinajstić information content (AvgIpc) is 2.71. The molecule has 10 nitrogen and oxygen atoms in total. The maximum absolute atomic E-state index is 11.6. The van der Waals surface area contributed by atoms with Gasteiger partial charge in [-0.3, -0.25) is 4.72 Å². The minimum atomic E-state index is -3.84. The van der Waals surface area contributed by atoms with E-state index in [0.717, 1.165) is 31.0 Å². The van der Waals surface area contributed by atoms with E-state index in [0.29, 0.717) is 18.0 Å². The summed E-state index contributed by atoms with van der Waals surface area (Å²) in [6.45, 7) is 1.58. The smallest absolute Gasteiger partial charge is 0.306 e. The first-order valence-electron chi connectivity index (χ1n) is 9.93. The molecule has 12 heteroatoms. The SMILES string of the molecule is COc1ccc(CCN(C)CCOc2ccc(NS(C)(=O)=O)cc2OS(C)(=O)=O)cc1OC. The normalized spacial score (nSPS) is 11.8. The summed E-state index contributed by atoms with van der Waals surface area (Å²) in [6, 6.07) is 9.96. The fourth-order valence-corrected chi connectivity index (χ4v) is 3.92. The van der Waals surface area contributed by atoms with Crippen molar-refractivity contribution in [2.24, 2.45) is 0 Å². The Labute approximate surface area is 195 Å². The van der Waals surface area contributed by atoms with Crippen LogP contribution >= 0.6 is 0 Å². The quantitative estimate of drug-likeness (QED) is 0.410. The number of nitrogens with one attached hydrogen (secondary N) is 1. The molecule has 0 aromatic heterocycles. The molecule has 2 aromatic carbocycles. The van der Waals surface area contributed by atoms with Crippen molar-refractivity contribution in [1.82, 2.24) is 4.90 Å². The van der Waals surface area contributed by atoms with E-state index < -0.39 is 20.1 Å². The maximum atomic E-state index is 11.6. The van der Waals surface area contributed by atoms with E-state index in [9.17, 15) is 16.8 Å². The lowest BCUT2D eigenvalue weighted by Crippen LogP contribution is -2.26. The molecule has 0 aliphatic carbocycles. The Balaban J connectivity index is 1.96. The van der Waals surface area contributed by atoms with Gasteiger partial charge in [0.15, 0.2) is 23.0 Å². The van der Waals surface area contributed by atoms with E-state index >= 15 is 0 Å². The Bertz CT molecular complexity index is 1150. The summed E-state index contributed by atoms with van der Waals surface area (Å²) >= 11 is 0. The van der Waals surface area contributed by atoms with Gasteiger partial charge in [-0.05, 0) is 43.3 Å². The summed E-state index contributed by atoms with van der Waals surface area (Å²) < 4.78 is 69.6. The molecular weight excluding hydrogens is 472 g/mol. The molecule has 0 unspecified atom stereocenters. The summed E-state index contributed by atoms with van der Waals surface area (Å²) in [4.78, 5) is 2.06. The zero-order valence-corrected chi connectivity index (χ0v) is 21.0. The van der Waals surface area contributed by atoms with E-state index in [2.05, 4.69) is 9.62 Å². The standard InChI is InChI=1S/C21H30N2O8S2/c1-23(11-10-16-6-8-18(28-2)20(14-16)29-3)12-13-30-19-9-7-17(22-32(4,24)25)15-21(19)31-33(5,26)27/h6-9,14-15,22H,10-13H2,1-5H3. The van der Waals surface area contributed by atoms with E-state index in [4.69, 9.17) is 18.4 Å². The lowest BCUT2D eigenvalue weighted by atomic mass is 10.1. The molecule has 2 rings (SSSR count). The monoisotopic (exact) mass is 502 g/mol. The molecular formula is C21H30N2O8S2. The number of hydrogen-bond donors (Lipinski definition) is 1. The maximum Gasteiger partial charge on any atom is 0.306 e. The number of benzene rings is 2. The van der Waals surface area contributed by atoms with Crippen molar-refractivity contribution < 1.29 is 35.2 Å². The molecule has 184 valence electrons. The van der Waals surface area contributed by atoms with Crippen molar-refractivity contribution in [3.63, 3.8) is 0 Å². The van der Waals surface area contributed by atoms with Gasteiger partial charge in [-0.15, -0.1) is 0 Å². The van der Waals surface area contributed by atoms with Crippen LogP contribution in [0.2, 0.25) is 0 Å². The highest BCUT2D eigenvalue weighted by molar-refractivity contribution is 7.92. The number of methoxy groups -OCH3 is 2. The van der Waals surface area contributed by atoms with Crippen molar-refractivity contribution in [2.45, 2.75) is 6.42 Å². The third-order valence-corrected chi connectivity index (χ3v) is 5.54. The molecule has 0 saturated carbocycles. The van der Waals surface area contributed by atoms with E-state index in [-0.39, 0.29) is 23.8 Å². The molecule has 0 heterocycles. The molecule has 0 aliphatic rings. The van der Waals surface area contributed by atoms with Crippen LogP contribution in [0.25, 0.3) is 0 Å². The first-order chi connectivity index (χ1) is 15.4. The highest BCUT2D eigenvalue weighted by atomic mass is 32.2. The molecule has 0 spiro atoms. The Morgan fingerprint density at radius 2 is 1.52 bits per heavy atom. The number of ether oxygens (including phenoxy) is 3. The largest absolute Gasteiger partial charge is 0.493 e. The van der Waals surface area contributed by atoms with Crippen molar-refractivity contribution in [1.29, 1.82) is 0 Å². The van der Waals surface area contributed by atoms with Crippen LogP contribution in [0.1, 0.15) is 5.56 Å². The summed E-state index contributed by atoms with van der Waals surface area (Å²) in [5, 5.41) is 0. The van der Waals surface area contributed by atoms with E-state index in [1.165, 1.54) is 18.2 Å². The van der Waals surface area contributed by atoms with Crippen molar-refractivity contribution in [2.75, 3.05) is 58.2 Å². The van der Waals surface area contributed by atoms with Crippen LogP contribution in [0.3, 0.4) is 0 Å². The van der Waals surface area contributed by atoms with Gasteiger partial charge in [-0.1, -0.05) is 6.07 Å².